The molecule has 0 amide bonds. The summed E-state index contributed by atoms with van der Waals surface area (Å²) >= 11 is 1.89. The van der Waals surface area contributed by atoms with Crippen LogP contribution in [0.2, 0.25) is 0 Å². The van der Waals surface area contributed by atoms with Crippen molar-refractivity contribution in [1.82, 2.24) is 5.32 Å². The molecule has 2 rings (SSSR count). The highest BCUT2D eigenvalue weighted by Gasteiger charge is 2.23. The maximum Gasteiger partial charge on any atom is 0.0960 e. The molecule has 1 aromatic rings. The molecule has 0 fully saturated rings. The lowest BCUT2D eigenvalue weighted by Gasteiger charge is -2.22. The first-order chi connectivity index (χ1) is 7.22. The summed E-state index contributed by atoms with van der Waals surface area (Å²) in [6.45, 7) is 1.75. The molecule has 2 heterocycles. The molecule has 0 bridgehead atoms. The molecule has 1 N–H and O–H groups in total. The maximum atomic E-state index is 5.76. The molecule has 4 heteroatoms. The highest BCUT2D eigenvalue weighted by molar-refractivity contribution is 7.16. The second-order valence-corrected chi connectivity index (χ2v) is 5.14. The number of hydrogen-bond acceptors (Lipinski definition) is 4. The van der Waals surface area contributed by atoms with Crippen LogP contribution in [0.5, 0.6) is 0 Å². The van der Waals surface area contributed by atoms with Crippen LogP contribution in [0, 0.1) is 0 Å². The molecular formula is C11H18N2OS. The van der Waals surface area contributed by atoms with Crippen LogP contribution >= 0.6 is 11.3 Å². The molecule has 1 unspecified atom stereocenters. The van der Waals surface area contributed by atoms with Gasteiger partial charge in [0.05, 0.1) is 17.7 Å². The number of ether oxygens (including phenoxy) is 1. The van der Waals surface area contributed by atoms with E-state index in [2.05, 4.69) is 30.4 Å². The van der Waals surface area contributed by atoms with Gasteiger partial charge in [0, 0.05) is 31.9 Å². The zero-order chi connectivity index (χ0) is 10.8. The van der Waals surface area contributed by atoms with E-state index < -0.39 is 0 Å². The number of fused-ring (bicyclic) bond motifs is 1. The standard InChI is InChI=1S/C11H18N2OS/c1-12-7-9-8-6-11(13(2)3)15-10(8)4-5-14-9/h6,9,12H,4-5,7H2,1-3H3. The van der Waals surface area contributed by atoms with Crippen LogP contribution < -0.4 is 10.2 Å². The van der Waals surface area contributed by atoms with Crippen molar-refractivity contribution >= 4 is 16.3 Å². The highest BCUT2D eigenvalue weighted by atomic mass is 32.1. The van der Waals surface area contributed by atoms with Gasteiger partial charge in [-0.05, 0) is 18.7 Å². The maximum absolute atomic E-state index is 5.76. The first-order valence-corrected chi connectivity index (χ1v) is 6.10. The fourth-order valence-corrected chi connectivity index (χ4v) is 2.97. The number of hydrogen-bond donors (Lipinski definition) is 1. The van der Waals surface area contributed by atoms with Crippen LogP contribution in [0.1, 0.15) is 16.5 Å². The Morgan fingerprint density at radius 1 is 1.60 bits per heavy atom. The molecule has 0 radical (unpaired) electrons. The van der Waals surface area contributed by atoms with Gasteiger partial charge in [0.15, 0.2) is 0 Å². The fraction of sp³-hybridized carbons (Fsp3) is 0.636. The average molecular weight is 226 g/mol. The Morgan fingerprint density at radius 2 is 2.40 bits per heavy atom. The molecule has 0 aromatic carbocycles. The predicted octanol–water partition coefficient (Wildman–Crippen LogP) is 1.65. The Hall–Kier alpha value is -0.580. The number of nitrogens with zero attached hydrogens (tertiary/aromatic N) is 1. The van der Waals surface area contributed by atoms with E-state index in [0.717, 1.165) is 19.6 Å². The second kappa shape index (κ2) is 4.51. The summed E-state index contributed by atoms with van der Waals surface area (Å²) in [5.74, 6) is 0. The summed E-state index contributed by atoms with van der Waals surface area (Å²) in [6, 6.07) is 2.27. The van der Waals surface area contributed by atoms with E-state index >= 15 is 0 Å². The summed E-state index contributed by atoms with van der Waals surface area (Å²) in [5.41, 5.74) is 1.38. The van der Waals surface area contributed by atoms with Crippen LogP contribution in [0.25, 0.3) is 0 Å². The molecule has 1 aliphatic heterocycles. The summed E-state index contributed by atoms with van der Waals surface area (Å²) in [4.78, 5) is 3.66. The lowest BCUT2D eigenvalue weighted by Crippen LogP contribution is -2.24. The van der Waals surface area contributed by atoms with Crippen molar-refractivity contribution in [2.45, 2.75) is 12.5 Å². The van der Waals surface area contributed by atoms with E-state index in [0.29, 0.717) is 0 Å². The Bertz CT molecular complexity index is 335. The van der Waals surface area contributed by atoms with E-state index in [4.69, 9.17) is 4.74 Å². The molecular weight excluding hydrogens is 208 g/mol. The fourth-order valence-electron chi connectivity index (χ4n) is 1.85. The molecule has 0 saturated heterocycles. The van der Waals surface area contributed by atoms with Gasteiger partial charge in [-0.3, -0.25) is 0 Å². The van der Waals surface area contributed by atoms with Crippen LogP contribution in [-0.4, -0.2) is 34.3 Å². The van der Waals surface area contributed by atoms with Crippen molar-refractivity contribution < 1.29 is 4.74 Å². The van der Waals surface area contributed by atoms with Crippen LogP contribution in [0.4, 0.5) is 5.00 Å². The van der Waals surface area contributed by atoms with E-state index in [9.17, 15) is 0 Å². The van der Waals surface area contributed by atoms with Gasteiger partial charge in [-0.2, -0.15) is 0 Å². The molecule has 0 aliphatic carbocycles. The molecule has 1 aliphatic rings. The summed E-state index contributed by atoms with van der Waals surface area (Å²) < 4.78 is 5.76. The molecule has 1 atom stereocenters. The first-order valence-electron chi connectivity index (χ1n) is 5.28. The summed E-state index contributed by atoms with van der Waals surface area (Å²) in [7, 11) is 6.15. The second-order valence-electron chi connectivity index (χ2n) is 4.02. The number of thiophene rings is 1. The largest absolute Gasteiger partial charge is 0.372 e. The van der Waals surface area contributed by atoms with Crippen molar-refractivity contribution in [3.05, 3.63) is 16.5 Å². The molecule has 84 valence electrons. The molecule has 15 heavy (non-hydrogen) atoms. The van der Waals surface area contributed by atoms with Gasteiger partial charge in [-0.25, -0.2) is 0 Å². The Balaban J connectivity index is 2.26. The third kappa shape index (κ3) is 2.17. The SMILES string of the molecule is CNCC1OCCc2sc(N(C)C)cc21. The Morgan fingerprint density at radius 3 is 3.07 bits per heavy atom. The van der Waals surface area contributed by atoms with Crippen LogP contribution in [0.15, 0.2) is 6.07 Å². The van der Waals surface area contributed by atoms with Crippen molar-refractivity contribution in [3.8, 4) is 0 Å². The van der Waals surface area contributed by atoms with E-state index in [1.807, 2.05) is 18.4 Å². The minimum atomic E-state index is 0.240. The number of rotatable bonds is 3. The highest BCUT2D eigenvalue weighted by Crippen LogP contribution is 2.37. The smallest absolute Gasteiger partial charge is 0.0960 e. The Kier molecular flexibility index (Phi) is 3.29. The zero-order valence-electron chi connectivity index (χ0n) is 9.54. The van der Waals surface area contributed by atoms with Crippen molar-refractivity contribution in [2.75, 3.05) is 39.2 Å². The van der Waals surface area contributed by atoms with Gasteiger partial charge >= 0.3 is 0 Å². The third-order valence-electron chi connectivity index (χ3n) is 2.65. The van der Waals surface area contributed by atoms with Crippen molar-refractivity contribution in [3.63, 3.8) is 0 Å². The topological polar surface area (TPSA) is 24.5 Å². The lowest BCUT2D eigenvalue weighted by molar-refractivity contribution is 0.0451. The van der Waals surface area contributed by atoms with E-state index in [-0.39, 0.29) is 6.10 Å². The van der Waals surface area contributed by atoms with Gasteiger partial charge in [-0.1, -0.05) is 0 Å². The quantitative estimate of drug-likeness (QED) is 0.848. The monoisotopic (exact) mass is 226 g/mol. The lowest BCUT2D eigenvalue weighted by atomic mass is 10.1. The van der Waals surface area contributed by atoms with Crippen molar-refractivity contribution in [2.24, 2.45) is 0 Å². The van der Waals surface area contributed by atoms with E-state index in [1.54, 1.807) is 0 Å². The first kappa shape index (κ1) is 10.9. The molecule has 0 spiro atoms. The van der Waals surface area contributed by atoms with Gasteiger partial charge in [0.2, 0.25) is 0 Å². The van der Waals surface area contributed by atoms with Gasteiger partial charge in [-0.15, -0.1) is 11.3 Å². The molecule has 3 nitrogen and oxygen atoms in total. The zero-order valence-corrected chi connectivity index (χ0v) is 10.4. The number of nitrogens with one attached hydrogen (secondary N) is 1. The molecule has 1 aromatic heterocycles. The van der Waals surface area contributed by atoms with Crippen molar-refractivity contribution in [1.29, 1.82) is 0 Å². The predicted molar refractivity (Wildman–Crippen MR) is 65.0 cm³/mol. The van der Waals surface area contributed by atoms with Gasteiger partial charge in [0.1, 0.15) is 0 Å². The van der Waals surface area contributed by atoms with Crippen LogP contribution in [-0.2, 0) is 11.2 Å². The third-order valence-corrected chi connectivity index (χ3v) is 4.03. The summed E-state index contributed by atoms with van der Waals surface area (Å²) in [5, 5.41) is 4.51. The van der Waals surface area contributed by atoms with Gasteiger partial charge < -0.3 is 15.0 Å². The van der Waals surface area contributed by atoms with Crippen LogP contribution in [0.3, 0.4) is 0 Å². The minimum Gasteiger partial charge on any atom is -0.372 e. The molecule has 0 saturated carbocycles. The van der Waals surface area contributed by atoms with Gasteiger partial charge in [0.25, 0.3) is 0 Å². The minimum absolute atomic E-state index is 0.240. The average Bonchev–Trinajstić information content (AvgIpc) is 2.63. The normalized spacial score (nSPS) is 20.1. The summed E-state index contributed by atoms with van der Waals surface area (Å²) in [6.07, 6.45) is 1.30. The van der Waals surface area contributed by atoms with E-state index in [1.165, 1.54) is 15.4 Å². The number of anilines is 1. The Labute approximate surface area is 95.0 Å². The number of likely N-dealkylation sites (N-methyl/N-ethyl adjacent to an activating group) is 1.